The van der Waals surface area contributed by atoms with Crippen LogP contribution in [0.4, 0.5) is 10.5 Å². The predicted octanol–water partition coefficient (Wildman–Crippen LogP) is 2.79. The lowest BCUT2D eigenvalue weighted by Gasteiger charge is -2.39. The highest BCUT2D eigenvalue weighted by molar-refractivity contribution is 5.83. The van der Waals surface area contributed by atoms with Gasteiger partial charge in [0.15, 0.2) is 0 Å². The van der Waals surface area contributed by atoms with E-state index in [0.717, 1.165) is 28.7 Å². The van der Waals surface area contributed by atoms with Crippen LogP contribution in [-0.4, -0.2) is 39.5 Å². The minimum atomic E-state index is -0.445. The maximum atomic E-state index is 11.9. The summed E-state index contributed by atoms with van der Waals surface area (Å²) in [5, 5.41) is 5.67. The minimum absolute atomic E-state index is 0.234. The summed E-state index contributed by atoms with van der Waals surface area (Å²) in [6, 6.07) is 3.97. The van der Waals surface area contributed by atoms with Crippen LogP contribution in [0.1, 0.15) is 26.3 Å². The third-order valence-electron chi connectivity index (χ3n) is 3.99. The Balaban J connectivity index is 1.59. The zero-order valence-corrected chi connectivity index (χ0v) is 14.2. The van der Waals surface area contributed by atoms with Crippen LogP contribution in [0.5, 0.6) is 0 Å². The lowest BCUT2D eigenvalue weighted by Crippen LogP contribution is -2.52. The molecular formula is C17H24N4O2. The summed E-state index contributed by atoms with van der Waals surface area (Å²) < 4.78 is 7.31. The number of hydrogen-bond acceptors (Lipinski definition) is 4. The van der Waals surface area contributed by atoms with Gasteiger partial charge in [-0.2, -0.15) is 5.10 Å². The molecule has 124 valence electrons. The second-order valence-electron chi connectivity index (χ2n) is 7.37. The molecule has 2 aromatic rings. The number of fused-ring (bicyclic) bond motifs is 1. The van der Waals surface area contributed by atoms with Crippen molar-refractivity contribution in [3.63, 3.8) is 0 Å². The molecule has 1 aliphatic rings. The lowest BCUT2D eigenvalue weighted by molar-refractivity contribution is -0.00381. The second kappa shape index (κ2) is 5.44. The van der Waals surface area contributed by atoms with Gasteiger partial charge in [0.1, 0.15) is 5.60 Å². The molecule has 1 saturated heterocycles. The number of ether oxygens (including phenoxy) is 1. The van der Waals surface area contributed by atoms with Gasteiger partial charge in [0.05, 0.1) is 5.52 Å². The number of amides is 1. The Bertz CT molecular complexity index is 700. The zero-order chi connectivity index (χ0) is 16.8. The van der Waals surface area contributed by atoms with Crippen LogP contribution in [-0.2, 0) is 11.3 Å². The van der Waals surface area contributed by atoms with Crippen molar-refractivity contribution >= 4 is 22.7 Å². The molecule has 0 saturated carbocycles. The first-order valence-electron chi connectivity index (χ1n) is 7.92. The fourth-order valence-electron chi connectivity index (χ4n) is 2.77. The third-order valence-corrected chi connectivity index (χ3v) is 3.99. The van der Waals surface area contributed by atoms with Gasteiger partial charge in [-0.05, 0) is 45.4 Å². The number of hydrogen-bond donors (Lipinski definition) is 1. The first kappa shape index (κ1) is 15.6. The smallest absolute Gasteiger partial charge is 0.410 e. The summed E-state index contributed by atoms with van der Waals surface area (Å²) in [5.41, 5.74) is 8.23. The Morgan fingerprint density at radius 2 is 2.09 bits per heavy atom. The molecule has 1 aliphatic heterocycles. The predicted molar refractivity (Wildman–Crippen MR) is 90.2 cm³/mol. The molecule has 2 heterocycles. The number of rotatable bonds is 2. The van der Waals surface area contributed by atoms with Gasteiger partial charge in [0, 0.05) is 42.8 Å². The third kappa shape index (κ3) is 3.41. The number of aromatic nitrogens is 2. The number of benzene rings is 1. The summed E-state index contributed by atoms with van der Waals surface area (Å²) in [5.74, 6) is 0.412. The average molecular weight is 316 g/mol. The maximum Gasteiger partial charge on any atom is 0.410 e. The maximum absolute atomic E-state index is 11.9. The zero-order valence-electron chi connectivity index (χ0n) is 14.2. The van der Waals surface area contributed by atoms with Crippen LogP contribution in [0.15, 0.2) is 18.3 Å². The van der Waals surface area contributed by atoms with E-state index < -0.39 is 5.60 Å². The number of nitrogen functional groups attached to an aromatic ring is 1. The fourth-order valence-corrected chi connectivity index (χ4v) is 2.77. The van der Waals surface area contributed by atoms with E-state index in [4.69, 9.17) is 10.5 Å². The van der Waals surface area contributed by atoms with Crippen LogP contribution >= 0.6 is 0 Å². The first-order chi connectivity index (χ1) is 10.7. The van der Waals surface area contributed by atoms with Gasteiger partial charge >= 0.3 is 6.09 Å². The van der Waals surface area contributed by atoms with Crippen LogP contribution in [0.2, 0.25) is 0 Å². The number of carbonyl (C=O) groups excluding carboxylic acids is 1. The van der Waals surface area contributed by atoms with Crippen LogP contribution in [0.3, 0.4) is 0 Å². The number of nitrogens with zero attached hydrogens (tertiary/aromatic N) is 3. The van der Waals surface area contributed by atoms with Gasteiger partial charge in [0.25, 0.3) is 0 Å². The number of anilines is 1. The van der Waals surface area contributed by atoms with E-state index in [9.17, 15) is 4.79 Å². The molecular weight excluding hydrogens is 292 g/mol. The summed E-state index contributed by atoms with van der Waals surface area (Å²) in [6.07, 6.45) is 1.81. The molecule has 0 radical (unpaired) electrons. The van der Waals surface area contributed by atoms with Crippen molar-refractivity contribution in [2.24, 2.45) is 5.92 Å². The Hall–Kier alpha value is -2.24. The van der Waals surface area contributed by atoms with Crippen molar-refractivity contribution in [1.82, 2.24) is 14.7 Å². The quantitative estimate of drug-likeness (QED) is 0.865. The number of nitrogens with two attached hydrogens (primary N) is 1. The molecule has 1 amide bonds. The summed E-state index contributed by atoms with van der Waals surface area (Å²) >= 11 is 0. The molecule has 6 nitrogen and oxygen atoms in total. The highest BCUT2D eigenvalue weighted by Crippen LogP contribution is 2.23. The van der Waals surface area contributed by atoms with Crippen molar-refractivity contribution in [1.29, 1.82) is 0 Å². The van der Waals surface area contributed by atoms with Crippen molar-refractivity contribution in [2.45, 2.75) is 39.8 Å². The van der Waals surface area contributed by atoms with Crippen LogP contribution in [0.25, 0.3) is 10.9 Å². The Kier molecular flexibility index (Phi) is 3.70. The van der Waals surface area contributed by atoms with E-state index in [1.54, 1.807) is 4.90 Å². The van der Waals surface area contributed by atoms with Crippen LogP contribution in [0, 0.1) is 12.8 Å². The molecule has 2 N–H and O–H groups in total. The van der Waals surface area contributed by atoms with Gasteiger partial charge in [-0.15, -0.1) is 0 Å². The SMILES string of the molecule is Cc1cc2cn(CC3CN(C(=O)OC(C)(C)C)C3)nc2cc1N. The molecule has 23 heavy (non-hydrogen) atoms. The van der Waals surface area contributed by atoms with Gasteiger partial charge < -0.3 is 15.4 Å². The van der Waals surface area contributed by atoms with Gasteiger partial charge in [-0.25, -0.2) is 4.79 Å². The van der Waals surface area contributed by atoms with Gasteiger partial charge in [-0.1, -0.05) is 0 Å². The molecule has 1 aromatic carbocycles. The highest BCUT2D eigenvalue weighted by atomic mass is 16.6. The number of carbonyl (C=O) groups is 1. The minimum Gasteiger partial charge on any atom is -0.444 e. The molecule has 0 aliphatic carbocycles. The average Bonchev–Trinajstić information content (AvgIpc) is 2.73. The van der Waals surface area contributed by atoms with E-state index in [2.05, 4.69) is 11.2 Å². The Labute approximate surface area is 136 Å². The van der Waals surface area contributed by atoms with E-state index in [1.807, 2.05) is 44.6 Å². The van der Waals surface area contributed by atoms with Crippen molar-refractivity contribution in [3.8, 4) is 0 Å². The normalized spacial score (nSPS) is 15.7. The molecule has 0 atom stereocenters. The largest absolute Gasteiger partial charge is 0.444 e. The molecule has 0 spiro atoms. The summed E-state index contributed by atoms with van der Waals surface area (Å²) in [6.45, 7) is 9.86. The van der Waals surface area contributed by atoms with E-state index in [-0.39, 0.29) is 6.09 Å². The summed E-state index contributed by atoms with van der Waals surface area (Å²) in [4.78, 5) is 13.7. The summed E-state index contributed by atoms with van der Waals surface area (Å²) in [7, 11) is 0. The van der Waals surface area contributed by atoms with E-state index >= 15 is 0 Å². The fraction of sp³-hybridized carbons (Fsp3) is 0.529. The van der Waals surface area contributed by atoms with E-state index in [0.29, 0.717) is 19.0 Å². The van der Waals surface area contributed by atoms with E-state index in [1.165, 1.54) is 0 Å². The van der Waals surface area contributed by atoms with Crippen molar-refractivity contribution in [3.05, 3.63) is 23.9 Å². The molecule has 0 bridgehead atoms. The van der Waals surface area contributed by atoms with Crippen LogP contribution < -0.4 is 5.73 Å². The molecule has 1 aromatic heterocycles. The lowest BCUT2D eigenvalue weighted by atomic mass is 10.0. The monoisotopic (exact) mass is 316 g/mol. The Morgan fingerprint density at radius 3 is 2.74 bits per heavy atom. The van der Waals surface area contributed by atoms with Gasteiger partial charge in [0.2, 0.25) is 0 Å². The van der Waals surface area contributed by atoms with Gasteiger partial charge in [-0.3, -0.25) is 4.68 Å². The molecule has 1 fully saturated rings. The van der Waals surface area contributed by atoms with Crippen molar-refractivity contribution < 1.29 is 9.53 Å². The standard InChI is InChI=1S/C17H24N4O2/c1-11-5-13-10-21(19-15(13)6-14(11)18)9-12-7-20(8-12)16(22)23-17(2,3)4/h5-6,10,12H,7-9,18H2,1-4H3. The molecule has 6 heteroatoms. The first-order valence-corrected chi connectivity index (χ1v) is 7.92. The number of likely N-dealkylation sites (tertiary alicyclic amines) is 1. The topological polar surface area (TPSA) is 73.4 Å². The highest BCUT2D eigenvalue weighted by Gasteiger charge is 2.33. The molecule has 0 unspecified atom stereocenters. The van der Waals surface area contributed by atoms with Crippen molar-refractivity contribution in [2.75, 3.05) is 18.8 Å². The second-order valence-corrected chi connectivity index (χ2v) is 7.37. The number of aryl methyl sites for hydroxylation is 1. The molecule has 3 rings (SSSR count). The Morgan fingerprint density at radius 1 is 1.39 bits per heavy atom.